The normalized spacial score (nSPS) is 19.0. The molecule has 142 valence electrons. The van der Waals surface area contributed by atoms with Crippen molar-refractivity contribution in [2.45, 2.75) is 39.0 Å². The van der Waals surface area contributed by atoms with E-state index in [4.69, 9.17) is 9.47 Å². The van der Waals surface area contributed by atoms with Gasteiger partial charge in [-0.2, -0.15) is 0 Å². The van der Waals surface area contributed by atoms with Crippen molar-refractivity contribution < 1.29 is 19.1 Å². The van der Waals surface area contributed by atoms with Crippen LogP contribution in [0.4, 0.5) is 10.5 Å². The summed E-state index contributed by atoms with van der Waals surface area (Å²) < 4.78 is 11.2. The van der Waals surface area contributed by atoms with E-state index in [9.17, 15) is 9.59 Å². The maximum absolute atomic E-state index is 12.7. The molecule has 0 bridgehead atoms. The number of anilines is 1. The summed E-state index contributed by atoms with van der Waals surface area (Å²) in [6, 6.07) is 6.82. The van der Waals surface area contributed by atoms with E-state index >= 15 is 0 Å². The number of carbonyl (C=O) groups excluding carboxylic acids is 2. The Hall–Kier alpha value is -2.12. The highest BCUT2D eigenvalue weighted by molar-refractivity contribution is 5.95. The number of hydrogen-bond donors (Lipinski definition) is 2. The van der Waals surface area contributed by atoms with Crippen LogP contribution in [-0.4, -0.2) is 55.5 Å². The number of benzene rings is 1. The van der Waals surface area contributed by atoms with Crippen molar-refractivity contribution in [2.75, 3.05) is 31.6 Å². The Morgan fingerprint density at radius 1 is 1.08 bits per heavy atom. The molecule has 0 aromatic heterocycles. The Balaban J connectivity index is 1.51. The maximum Gasteiger partial charge on any atom is 0.319 e. The van der Waals surface area contributed by atoms with Gasteiger partial charge in [0.1, 0.15) is 0 Å². The second kappa shape index (κ2) is 8.51. The smallest absolute Gasteiger partial charge is 0.319 e. The summed E-state index contributed by atoms with van der Waals surface area (Å²) in [7, 11) is 0. The molecular weight excluding hydrogens is 334 g/mol. The van der Waals surface area contributed by atoms with E-state index in [2.05, 4.69) is 10.6 Å². The number of nitrogens with zero attached hydrogens (tertiary/aromatic N) is 1. The summed E-state index contributed by atoms with van der Waals surface area (Å²) in [6.07, 6.45) is 1.69. The minimum absolute atomic E-state index is 0.0230. The van der Waals surface area contributed by atoms with Crippen LogP contribution in [0.3, 0.4) is 0 Å². The first-order chi connectivity index (χ1) is 12.5. The third-order valence-electron chi connectivity index (χ3n) is 4.67. The van der Waals surface area contributed by atoms with E-state index in [0.717, 1.165) is 12.8 Å². The number of nitrogens with one attached hydrogen (secondary N) is 2. The van der Waals surface area contributed by atoms with Gasteiger partial charge in [-0.15, -0.1) is 0 Å². The molecule has 2 aliphatic heterocycles. The van der Waals surface area contributed by atoms with Crippen molar-refractivity contribution in [1.82, 2.24) is 10.2 Å². The summed E-state index contributed by atoms with van der Waals surface area (Å²) in [6.45, 7) is 6.55. The maximum atomic E-state index is 12.7. The highest BCUT2D eigenvalue weighted by atomic mass is 16.7. The van der Waals surface area contributed by atoms with Crippen LogP contribution in [0.25, 0.3) is 0 Å². The van der Waals surface area contributed by atoms with Crippen molar-refractivity contribution in [3.63, 3.8) is 0 Å². The number of piperidine rings is 1. The highest BCUT2D eigenvalue weighted by Crippen LogP contribution is 2.26. The molecule has 2 heterocycles. The Kier molecular flexibility index (Phi) is 6.11. The molecule has 0 saturated carbocycles. The largest absolute Gasteiger partial charge is 0.350 e. The van der Waals surface area contributed by atoms with Crippen molar-refractivity contribution >= 4 is 17.6 Å². The number of carbonyl (C=O) groups is 2. The first-order valence-corrected chi connectivity index (χ1v) is 9.23. The topological polar surface area (TPSA) is 79.9 Å². The first-order valence-electron chi connectivity index (χ1n) is 9.23. The number of urea groups is 1. The predicted molar refractivity (Wildman–Crippen MR) is 98.1 cm³/mol. The van der Waals surface area contributed by atoms with E-state index in [1.54, 1.807) is 24.3 Å². The van der Waals surface area contributed by atoms with E-state index in [1.807, 2.05) is 18.7 Å². The molecule has 2 saturated heterocycles. The Morgan fingerprint density at radius 3 is 2.27 bits per heavy atom. The van der Waals surface area contributed by atoms with Gasteiger partial charge >= 0.3 is 6.03 Å². The Morgan fingerprint density at radius 2 is 1.69 bits per heavy atom. The lowest BCUT2D eigenvalue weighted by molar-refractivity contribution is -0.0956. The standard InChI is InChI=1S/C19H27N3O4/c1-13(2)20-19(24)21-16-5-3-14(4-6-16)17(23)22-9-7-15(8-10-22)18-25-11-12-26-18/h3-6,13,15,18H,7-12H2,1-2H3,(H2,20,21,24). The zero-order chi connectivity index (χ0) is 18.5. The van der Waals surface area contributed by atoms with Crippen LogP contribution in [0.15, 0.2) is 24.3 Å². The fourth-order valence-corrected chi connectivity index (χ4v) is 3.33. The molecule has 2 aliphatic rings. The second-order valence-corrected chi connectivity index (χ2v) is 7.07. The van der Waals surface area contributed by atoms with Gasteiger partial charge in [-0.1, -0.05) is 0 Å². The van der Waals surface area contributed by atoms with Gasteiger partial charge in [0.15, 0.2) is 6.29 Å². The van der Waals surface area contributed by atoms with Crippen molar-refractivity contribution in [3.05, 3.63) is 29.8 Å². The van der Waals surface area contributed by atoms with E-state index in [0.29, 0.717) is 43.5 Å². The fourth-order valence-electron chi connectivity index (χ4n) is 3.33. The average molecular weight is 361 g/mol. The molecule has 3 amide bonds. The van der Waals surface area contributed by atoms with Crippen LogP contribution >= 0.6 is 0 Å². The van der Waals surface area contributed by atoms with Crippen LogP contribution in [0.5, 0.6) is 0 Å². The fraction of sp³-hybridized carbons (Fsp3) is 0.579. The number of ether oxygens (including phenoxy) is 2. The monoisotopic (exact) mass is 361 g/mol. The lowest BCUT2D eigenvalue weighted by Crippen LogP contribution is -2.41. The van der Waals surface area contributed by atoms with Gasteiger partial charge in [-0.05, 0) is 51.0 Å². The molecule has 0 unspecified atom stereocenters. The lowest BCUT2D eigenvalue weighted by Gasteiger charge is -2.33. The highest BCUT2D eigenvalue weighted by Gasteiger charge is 2.31. The van der Waals surface area contributed by atoms with Crippen LogP contribution in [0.2, 0.25) is 0 Å². The molecule has 7 heteroatoms. The molecule has 7 nitrogen and oxygen atoms in total. The number of hydrogen-bond acceptors (Lipinski definition) is 4. The van der Waals surface area contributed by atoms with Gasteiger partial charge in [0.2, 0.25) is 0 Å². The van der Waals surface area contributed by atoms with Crippen LogP contribution in [0.1, 0.15) is 37.0 Å². The quantitative estimate of drug-likeness (QED) is 0.863. The molecule has 0 radical (unpaired) electrons. The van der Waals surface area contributed by atoms with Crippen molar-refractivity contribution in [1.29, 1.82) is 0 Å². The van der Waals surface area contributed by atoms with Gasteiger partial charge in [-0.25, -0.2) is 4.79 Å². The Bertz CT molecular complexity index is 618. The molecule has 0 spiro atoms. The van der Waals surface area contributed by atoms with Gasteiger partial charge < -0.3 is 25.0 Å². The lowest BCUT2D eigenvalue weighted by atomic mass is 9.95. The van der Waals surface area contributed by atoms with Gasteiger partial charge in [0, 0.05) is 36.3 Å². The van der Waals surface area contributed by atoms with E-state index in [-0.39, 0.29) is 24.3 Å². The van der Waals surface area contributed by atoms with E-state index in [1.165, 1.54) is 0 Å². The summed E-state index contributed by atoms with van der Waals surface area (Å²) in [5.41, 5.74) is 1.29. The van der Waals surface area contributed by atoms with E-state index < -0.39 is 0 Å². The van der Waals surface area contributed by atoms with Crippen LogP contribution in [0, 0.1) is 5.92 Å². The molecule has 1 aromatic rings. The van der Waals surface area contributed by atoms with Crippen molar-refractivity contribution in [3.8, 4) is 0 Å². The third-order valence-corrected chi connectivity index (χ3v) is 4.67. The molecule has 1 aromatic carbocycles. The van der Waals surface area contributed by atoms with Gasteiger partial charge in [-0.3, -0.25) is 4.79 Å². The summed E-state index contributed by atoms with van der Waals surface area (Å²) in [5, 5.41) is 5.52. The molecular formula is C19H27N3O4. The number of likely N-dealkylation sites (tertiary alicyclic amines) is 1. The van der Waals surface area contributed by atoms with Gasteiger partial charge in [0.05, 0.1) is 13.2 Å². The molecule has 2 N–H and O–H groups in total. The predicted octanol–water partition coefficient (Wildman–Crippen LogP) is 2.44. The van der Waals surface area contributed by atoms with Gasteiger partial charge in [0.25, 0.3) is 5.91 Å². The number of rotatable bonds is 4. The Labute approximate surface area is 154 Å². The average Bonchev–Trinajstić information content (AvgIpc) is 3.16. The molecule has 0 atom stereocenters. The summed E-state index contributed by atoms with van der Waals surface area (Å²) in [5.74, 6) is 0.391. The SMILES string of the molecule is CC(C)NC(=O)Nc1ccc(C(=O)N2CCC(C3OCCO3)CC2)cc1. The van der Waals surface area contributed by atoms with Crippen LogP contribution in [-0.2, 0) is 9.47 Å². The summed E-state index contributed by atoms with van der Waals surface area (Å²) >= 11 is 0. The molecule has 3 rings (SSSR count). The third kappa shape index (κ3) is 4.74. The summed E-state index contributed by atoms with van der Waals surface area (Å²) in [4.78, 5) is 26.3. The minimum atomic E-state index is -0.252. The van der Waals surface area contributed by atoms with Crippen molar-refractivity contribution in [2.24, 2.45) is 5.92 Å². The number of amides is 3. The molecule has 0 aliphatic carbocycles. The first kappa shape index (κ1) is 18.7. The zero-order valence-electron chi connectivity index (χ0n) is 15.4. The zero-order valence-corrected chi connectivity index (χ0v) is 15.4. The minimum Gasteiger partial charge on any atom is -0.350 e. The second-order valence-electron chi connectivity index (χ2n) is 7.07. The molecule has 2 fully saturated rings. The molecule has 26 heavy (non-hydrogen) atoms. The van der Waals surface area contributed by atoms with Crippen LogP contribution < -0.4 is 10.6 Å².